The number of benzene rings is 1. The van der Waals surface area contributed by atoms with E-state index in [9.17, 15) is 18.7 Å². The Bertz CT molecular complexity index is 452. The molecule has 0 heterocycles. The minimum absolute atomic E-state index is 0.0387. The molecule has 0 aliphatic heterocycles. The third-order valence-electron chi connectivity index (χ3n) is 3.48. The fraction of sp³-hybridized carbons (Fsp3) is 0.500. The van der Waals surface area contributed by atoms with Crippen LogP contribution in [0.1, 0.15) is 24.8 Å². The van der Waals surface area contributed by atoms with E-state index in [0.29, 0.717) is 5.56 Å². The number of hydrogen-bond donors (Lipinski definition) is 2. The third-order valence-corrected chi connectivity index (χ3v) is 3.48. The molecule has 0 amide bonds. The molecule has 2 atom stereocenters. The van der Waals surface area contributed by atoms with Crippen LogP contribution in [0.15, 0.2) is 18.2 Å². The summed E-state index contributed by atoms with van der Waals surface area (Å²) in [6, 6.07) is 3.18. The SMILES string of the molecule is O=C(O)C(C(O)CCc1cc(F)cc(F)c1)C1CC1. The van der Waals surface area contributed by atoms with Crippen molar-refractivity contribution in [3.8, 4) is 0 Å². The van der Waals surface area contributed by atoms with Crippen LogP contribution in [-0.2, 0) is 11.2 Å². The van der Waals surface area contributed by atoms with Gasteiger partial charge in [-0.05, 0) is 49.3 Å². The molecule has 1 saturated carbocycles. The normalized spacial score (nSPS) is 18.1. The largest absolute Gasteiger partial charge is 0.481 e. The van der Waals surface area contributed by atoms with Crippen LogP contribution in [0.4, 0.5) is 8.78 Å². The maximum atomic E-state index is 13.0. The quantitative estimate of drug-likeness (QED) is 0.834. The predicted octanol–water partition coefficient (Wildman–Crippen LogP) is 2.37. The molecule has 3 nitrogen and oxygen atoms in total. The van der Waals surface area contributed by atoms with Gasteiger partial charge in [-0.2, -0.15) is 0 Å². The number of aliphatic hydroxyl groups excluding tert-OH is 1. The van der Waals surface area contributed by atoms with E-state index in [4.69, 9.17) is 5.11 Å². The molecular weight excluding hydrogens is 254 g/mol. The maximum absolute atomic E-state index is 13.0. The molecule has 1 fully saturated rings. The second kappa shape index (κ2) is 5.65. The van der Waals surface area contributed by atoms with Gasteiger partial charge in [0.25, 0.3) is 0 Å². The topological polar surface area (TPSA) is 57.5 Å². The summed E-state index contributed by atoms with van der Waals surface area (Å²) in [4.78, 5) is 11.1. The van der Waals surface area contributed by atoms with Gasteiger partial charge in [-0.25, -0.2) is 8.78 Å². The number of aliphatic carboxylic acids is 1. The van der Waals surface area contributed by atoms with Crippen molar-refractivity contribution in [2.45, 2.75) is 31.8 Å². The number of halogens is 2. The van der Waals surface area contributed by atoms with Gasteiger partial charge in [0.05, 0.1) is 12.0 Å². The molecule has 104 valence electrons. The van der Waals surface area contributed by atoms with Gasteiger partial charge in [-0.1, -0.05) is 0 Å². The Kier molecular flexibility index (Phi) is 4.14. The highest BCUT2D eigenvalue weighted by atomic mass is 19.1. The van der Waals surface area contributed by atoms with Gasteiger partial charge in [-0.3, -0.25) is 4.79 Å². The first-order valence-corrected chi connectivity index (χ1v) is 6.33. The molecule has 0 aromatic heterocycles. The minimum Gasteiger partial charge on any atom is -0.481 e. The van der Waals surface area contributed by atoms with Crippen molar-refractivity contribution >= 4 is 5.97 Å². The first-order chi connectivity index (χ1) is 8.97. The lowest BCUT2D eigenvalue weighted by Gasteiger charge is -2.18. The van der Waals surface area contributed by atoms with Gasteiger partial charge in [0, 0.05) is 6.07 Å². The van der Waals surface area contributed by atoms with Crippen molar-refractivity contribution < 1.29 is 23.8 Å². The molecule has 5 heteroatoms. The highest BCUT2D eigenvalue weighted by Gasteiger charge is 2.40. The van der Waals surface area contributed by atoms with Crippen LogP contribution in [0.3, 0.4) is 0 Å². The van der Waals surface area contributed by atoms with Crippen LogP contribution in [0.5, 0.6) is 0 Å². The third kappa shape index (κ3) is 3.73. The molecule has 2 unspecified atom stereocenters. The van der Waals surface area contributed by atoms with E-state index >= 15 is 0 Å². The van der Waals surface area contributed by atoms with Crippen molar-refractivity contribution in [2.24, 2.45) is 11.8 Å². The van der Waals surface area contributed by atoms with E-state index in [1.54, 1.807) is 0 Å². The van der Waals surface area contributed by atoms with Crippen LogP contribution in [0.2, 0.25) is 0 Å². The molecule has 0 radical (unpaired) electrons. The number of hydrogen-bond acceptors (Lipinski definition) is 2. The first-order valence-electron chi connectivity index (χ1n) is 6.33. The summed E-state index contributed by atoms with van der Waals surface area (Å²) < 4.78 is 26.0. The highest BCUT2D eigenvalue weighted by molar-refractivity contribution is 5.71. The Morgan fingerprint density at radius 3 is 2.32 bits per heavy atom. The summed E-state index contributed by atoms with van der Waals surface area (Å²) in [5.74, 6) is -3.06. The monoisotopic (exact) mass is 270 g/mol. The van der Waals surface area contributed by atoms with E-state index in [2.05, 4.69) is 0 Å². The molecule has 0 saturated heterocycles. The highest BCUT2D eigenvalue weighted by Crippen LogP contribution is 2.39. The molecule has 0 bridgehead atoms. The zero-order chi connectivity index (χ0) is 14.0. The van der Waals surface area contributed by atoms with Crippen molar-refractivity contribution in [1.29, 1.82) is 0 Å². The number of carboxylic acids is 1. The fourth-order valence-electron chi connectivity index (χ4n) is 2.39. The lowest BCUT2D eigenvalue weighted by molar-refractivity contribution is -0.146. The molecule has 1 aliphatic carbocycles. The Hall–Kier alpha value is -1.49. The summed E-state index contributed by atoms with van der Waals surface area (Å²) in [5, 5.41) is 19.0. The zero-order valence-electron chi connectivity index (χ0n) is 10.4. The Labute approximate surface area is 109 Å². The summed E-state index contributed by atoms with van der Waals surface area (Å²) in [7, 11) is 0. The summed E-state index contributed by atoms with van der Waals surface area (Å²) in [6.45, 7) is 0. The van der Waals surface area contributed by atoms with Crippen LogP contribution in [0, 0.1) is 23.5 Å². The van der Waals surface area contributed by atoms with Crippen LogP contribution in [-0.4, -0.2) is 22.3 Å². The van der Waals surface area contributed by atoms with Crippen LogP contribution in [0.25, 0.3) is 0 Å². The fourth-order valence-corrected chi connectivity index (χ4v) is 2.39. The van der Waals surface area contributed by atoms with Gasteiger partial charge >= 0.3 is 5.97 Å². The van der Waals surface area contributed by atoms with E-state index in [1.807, 2.05) is 0 Å². The van der Waals surface area contributed by atoms with Crippen molar-refractivity contribution in [3.63, 3.8) is 0 Å². The van der Waals surface area contributed by atoms with Gasteiger partial charge < -0.3 is 10.2 Å². The summed E-state index contributed by atoms with van der Waals surface area (Å²) >= 11 is 0. The molecule has 1 aromatic rings. The molecule has 1 aromatic carbocycles. The molecule has 2 N–H and O–H groups in total. The average molecular weight is 270 g/mol. The second-order valence-corrected chi connectivity index (χ2v) is 5.09. The number of aliphatic hydroxyl groups is 1. The molecule has 2 rings (SSSR count). The number of carboxylic acid groups (broad SMARTS) is 1. The average Bonchev–Trinajstić information content (AvgIpc) is 3.09. The standard InChI is InChI=1S/C14H16F2O3/c15-10-5-8(6-11(16)7-10)1-4-12(17)13(14(18)19)9-2-3-9/h5-7,9,12-13,17H,1-4H2,(H,18,19). The van der Waals surface area contributed by atoms with E-state index < -0.39 is 29.6 Å². The van der Waals surface area contributed by atoms with Gasteiger partial charge in [0.15, 0.2) is 0 Å². The van der Waals surface area contributed by atoms with E-state index in [0.717, 1.165) is 18.9 Å². The number of aryl methyl sites for hydroxylation is 1. The van der Waals surface area contributed by atoms with Gasteiger partial charge in [0.1, 0.15) is 11.6 Å². The minimum atomic E-state index is -1.000. The lowest BCUT2D eigenvalue weighted by atomic mass is 9.92. The van der Waals surface area contributed by atoms with E-state index in [-0.39, 0.29) is 18.8 Å². The Balaban J connectivity index is 1.95. The molecule has 0 spiro atoms. The number of carbonyl (C=O) groups is 1. The van der Waals surface area contributed by atoms with Crippen molar-refractivity contribution in [2.75, 3.05) is 0 Å². The molecule has 1 aliphatic rings. The van der Waals surface area contributed by atoms with Gasteiger partial charge in [0.2, 0.25) is 0 Å². The van der Waals surface area contributed by atoms with Crippen LogP contribution >= 0.6 is 0 Å². The summed E-state index contributed by atoms with van der Waals surface area (Å²) in [6.07, 6.45) is 1.12. The smallest absolute Gasteiger partial charge is 0.309 e. The summed E-state index contributed by atoms with van der Waals surface area (Å²) in [5.41, 5.74) is 0.427. The van der Waals surface area contributed by atoms with Gasteiger partial charge in [-0.15, -0.1) is 0 Å². The molecule has 19 heavy (non-hydrogen) atoms. The lowest BCUT2D eigenvalue weighted by Crippen LogP contribution is -2.30. The van der Waals surface area contributed by atoms with E-state index in [1.165, 1.54) is 12.1 Å². The zero-order valence-corrected chi connectivity index (χ0v) is 10.4. The Morgan fingerprint density at radius 1 is 1.26 bits per heavy atom. The Morgan fingerprint density at radius 2 is 1.84 bits per heavy atom. The predicted molar refractivity (Wildman–Crippen MR) is 64.5 cm³/mol. The second-order valence-electron chi connectivity index (χ2n) is 5.09. The van der Waals surface area contributed by atoms with Crippen molar-refractivity contribution in [3.05, 3.63) is 35.4 Å². The van der Waals surface area contributed by atoms with Crippen LogP contribution < -0.4 is 0 Å². The first kappa shape index (κ1) is 13.9. The molecular formula is C14H16F2O3. The number of rotatable bonds is 6. The maximum Gasteiger partial charge on any atom is 0.309 e. The van der Waals surface area contributed by atoms with Crippen molar-refractivity contribution in [1.82, 2.24) is 0 Å².